The molecule has 9 heavy (non-hydrogen) atoms. The molecule has 0 radical (unpaired) electrons. The van der Waals surface area contributed by atoms with E-state index < -0.39 is 0 Å². The molecule has 0 aromatic carbocycles. The zero-order valence-corrected chi connectivity index (χ0v) is 8.36. The van der Waals surface area contributed by atoms with Crippen molar-refractivity contribution in [1.82, 2.24) is 0 Å². The van der Waals surface area contributed by atoms with Gasteiger partial charge in [-0.3, -0.25) is 0 Å². The molecule has 2 aliphatic carbocycles. The topological polar surface area (TPSA) is 0 Å². The molecule has 4 unspecified atom stereocenters. The van der Waals surface area contributed by atoms with Gasteiger partial charge < -0.3 is 0 Å². The van der Waals surface area contributed by atoms with Crippen LogP contribution in [0.2, 0.25) is 0 Å². The SMILES string of the molecule is BrC1CC2CCC1C2Br. The van der Waals surface area contributed by atoms with E-state index in [2.05, 4.69) is 31.9 Å². The fourth-order valence-corrected chi connectivity index (χ4v) is 4.76. The molecule has 2 aliphatic rings. The van der Waals surface area contributed by atoms with Crippen LogP contribution in [0, 0.1) is 11.8 Å². The molecule has 0 spiro atoms. The van der Waals surface area contributed by atoms with E-state index in [1.807, 2.05) is 0 Å². The van der Waals surface area contributed by atoms with Crippen LogP contribution in [0.25, 0.3) is 0 Å². The first kappa shape index (κ1) is 6.66. The van der Waals surface area contributed by atoms with E-state index in [4.69, 9.17) is 0 Å². The maximum Gasteiger partial charge on any atom is 0.0213 e. The molecular formula is C7H10Br2. The summed E-state index contributed by atoms with van der Waals surface area (Å²) in [5.41, 5.74) is 0. The fourth-order valence-electron chi connectivity index (χ4n) is 2.17. The van der Waals surface area contributed by atoms with Crippen LogP contribution in [0.4, 0.5) is 0 Å². The summed E-state index contributed by atoms with van der Waals surface area (Å²) >= 11 is 7.45. The van der Waals surface area contributed by atoms with Crippen molar-refractivity contribution in [1.29, 1.82) is 0 Å². The first-order valence-electron chi connectivity index (χ1n) is 3.57. The van der Waals surface area contributed by atoms with Crippen LogP contribution in [0.1, 0.15) is 19.3 Å². The average molecular weight is 254 g/mol. The van der Waals surface area contributed by atoms with Gasteiger partial charge in [-0.25, -0.2) is 0 Å². The molecule has 52 valence electrons. The fraction of sp³-hybridized carbons (Fsp3) is 1.00. The summed E-state index contributed by atoms with van der Waals surface area (Å²) in [6.07, 6.45) is 4.31. The molecule has 2 rings (SSSR count). The minimum absolute atomic E-state index is 0.820. The molecule has 2 bridgehead atoms. The highest BCUT2D eigenvalue weighted by atomic mass is 79.9. The third-order valence-corrected chi connectivity index (χ3v) is 5.20. The number of halogens is 2. The van der Waals surface area contributed by atoms with Gasteiger partial charge in [0.05, 0.1) is 0 Å². The molecule has 2 saturated carbocycles. The Kier molecular flexibility index (Phi) is 1.65. The van der Waals surface area contributed by atoms with E-state index in [0.29, 0.717) is 0 Å². The minimum Gasteiger partial charge on any atom is -0.0887 e. The van der Waals surface area contributed by atoms with Crippen molar-refractivity contribution in [3.8, 4) is 0 Å². The van der Waals surface area contributed by atoms with E-state index in [1.54, 1.807) is 0 Å². The van der Waals surface area contributed by atoms with E-state index in [0.717, 1.165) is 21.5 Å². The Balaban J connectivity index is 2.16. The molecule has 4 atom stereocenters. The highest BCUT2D eigenvalue weighted by Crippen LogP contribution is 2.51. The highest BCUT2D eigenvalue weighted by Gasteiger charge is 2.45. The Labute approximate surface area is 72.7 Å². The maximum atomic E-state index is 3.74. The zero-order valence-electron chi connectivity index (χ0n) is 5.19. The summed E-state index contributed by atoms with van der Waals surface area (Å²) in [5.74, 6) is 1.93. The van der Waals surface area contributed by atoms with Crippen LogP contribution in [0.15, 0.2) is 0 Å². The van der Waals surface area contributed by atoms with Crippen molar-refractivity contribution in [2.75, 3.05) is 0 Å². The number of alkyl halides is 2. The van der Waals surface area contributed by atoms with Gasteiger partial charge in [0.25, 0.3) is 0 Å². The van der Waals surface area contributed by atoms with Crippen molar-refractivity contribution in [3.63, 3.8) is 0 Å². The second kappa shape index (κ2) is 2.23. The van der Waals surface area contributed by atoms with Crippen LogP contribution in [0.5, 0.6) is 0 Å². The van der Waals surface area contributed by atoms with Gasteiger partial charge in [-0.15, -0.1) is 0 Å². The molecule has 2 heteroatoms. The standard InChI is InChI=1S/C7H10Br2/c8-6-3-4-1-2-5(6)7(4)9/h4-7H,1-3H2. The maximum absolute atomic E-state index is 3.74. The van der Waals surface area contributed by atoms with E-state index in [1.165, 1.54) is 19.3 Å². The molecular weight excluding hydrogens is 244 g/mol. The van der Waals surface area contributed by atoms with Crippen LogP contribution in [0.3, 0.4) is 0 Å². The predicted molar refractivity (Wildman–Crippen MR) is 46.3 cm³/mol. The van der Waals surface area contributed by atoms with Crippen molar-refractivity contribution < 1.29 is 0 Å². The Morgan fingerprint density at radius 1 is 1.11 bits per heavy atom. The van der Waals surface area contributed by atoms with Gasteiger partial charge in [0.1, 0.15) is 0 Å². The third kappa shape index (κ3) is 0.900. The van der Waals surface area contributed by atoms with Crippen LogP contribution in [-0.4, -0.2) is 9.65 Å². The quantitative estimate of drug-likeness (QED) is 0.583. The summed E-state index contributed by atoms with van der Waals surface area (Å²) in [5, 5.41) is 0. The van der Waals surface area contributed by atoms with E-state index in [9.17, 15) is 0 Å². The second-order valence-corrected chi connectivity index (χ2v) is 5.43. The van der Waals surface area contributed by atoms with Gasteiger partial charge in [-0.1, -0.05) is 31.9 Å². The van der Waals surface area contributed by atoms with Gasteiger partial charge in [0.2, 0.25) is 0 Å². The number of fused-ring (bicyclic) bond motifs is 2. The molecule has 0 saturated heterocycles. The van der Waals surface area contributed by atoms with Crippen molar-refractivity contribution in [3.05, 3.63) is 0 Å². The normalized spacial score (nSPS) is 56.7. The molecule has 0 aromatic rings. The first-order valence-corrected chi connectivity index (χ1v) is 5.40. The average Bonchev–Trinajstić information content (AvgIpc) is 2.25. The smallest absolute Gasteiger partial charge is 0.0213 e. The molecule has 2 fully saturated rings. The van der Waals surface area contributed by atoms with Crippen molar-refractivity contribution >= 4 is 31.9 Å². The Morgan fingerprint density at radius 2 is 1.89 bits per heavy atom. The van der Waals surface area contributed by atoms with Crippen molar-refractivity contribution in [2.24, 2.45) is 11.8 Å². The Hall–Kier alpha value is 0.960. The molecule has 0 heterocycles. The van der Waals surface area contributed by atoms with Gasteiger partial charge in [0.15, 0.2) is 0 Å². The monoisotopic (exact) mass is 252 g/mol. The third-order valence-electron chi connectivity index (χ3n) is 2.72. The summed E-state index contributed by atoms with van der Waals surface area (Å²) in [4.78, 5) is 1.66. The Morgan fingerprint density at radius 3 is 2.11 bits per heavy atom. The van der Waals surface area contributed by atoms with Crippen molar-refractivity contribution in [2.45, 2.75) is 28.9 Å². The molecule has 0 amide bonds. The largest absolute Gasteiger partial charge is 0.0887 e. The predicted octanol–water partition coefficient (Wildman–Crippen LogP) is 2.94. The zero-order chi connectivity index (χ0) is 6.43. The lowest BCUT2D eigenvalue weighted by Gasteiger charge is -2.13. The van der Waals surface area contributed by atoms with E-state index >= 15 is 0 Å². The molecule has 0 nitrogen and oxygen atoms in total. The Bertz CT molecular complexity index is 124. The van der Waals surface area contributed by atoms with Gasteiger partial charge in [-0.05, 0) is 31.1 Å². The van der Waals surface area contributed by atoms with Crippen LogP contribution >= 0.6 is 31.9 Å². The van der Waals surface area contributed by atoms with Crippen LogP contribution < -0.4 is 0 Å². The lowest BCUT2D eigenvalue weighted by molar-refractivity contribution is 0.497. The lowest BCUT2D eigenvalue weighted by Crippen LogP contribution is -2.10. The minimum atomic E-state index is 0.820. The first-order chi connectivity index (χ1) is 4.29. The lowest BCUT2D eigenvalue weighted by atomic mass is 10.0. The van der Waals surface area contributed by atoms with Crippen LogP contribution in [-0.2, 0) is 0 Å². The number of rotatable bonds is 0. The molecule has 0 aliphatic heterocycles. The number of hydrogen-bond acceptors (Lipinski definition) is 0. The summed E-state index contributed by atoms with van der Waals surface area (Å²) in [7, 11) is 0. The molecule has 0 aromatic heterocycles. The summed E-state index contributed by atoms with van der Waals surface area (Å²) < 4.78 is 0. The van der Waals surface area contributed by atoms with Gasteiger partial charge >= 0.3 is 0 Å². The molecule has 0 N–H and O–H groups in total. The van der Waals surface area contributed by atoms with E-state index in [-0.39, 0.29) is 0 Å². The second-order valence-electron chi connectivity index (χ2n) is 3.20. The highest BCUT2D eigenvalue weighted by molar-refractivity contribution is 9.10. The van der Waals surface area contributed by atoms with Gasteiger partial charge in [-0.2, -0.15) is 0 Å². The number of hydrogen-bond donors (Lipinski definition) is 0. The summed E-state index contributed by atoms with van der Waals surface area (Å²) in [6.45, 7) is 0. The summed E-state index contributed by atoms with van der Waals surface area (Å²) in [6, 6.07) is 0. The van der Waals surface area contributed by atoms with Gasteiger partial charge in [0, 0.05) is 9.65 Å².